The third kappa shape index (κ3) is 3.57. The number of nitrogens with zero attached hydrogens (tertiary/aromatic N) is 2. The lowest BCUT2D eigenvalue weighted by Crippen LogP contribution is -2.06. The molecule has 4 aromatic rings. The number of hydrogen-bond donors (Lipinski definition) is 1. The zero-order chi connectivity index (χ0) is 20.4. The molecule has 0 spiro atoms. The van der Waals surface area contributed by atoms with Gasteiger partial charge in [-0.1, -0.05) is 17.3 Å². The predicted octanol–water partition coefficient (Wildman–Crippen LogP) is 5.32. The van der Waals surface area contributed by atoms with E-state index in [0.29, 0.717) is 24.5 Å². The minimum Gasteiger partial charge on any atom is -0.411 e. The lowest BCUT2D eigenvalue weighted by Gasteiger charge is -2.08. The van der Waals surface area contributed by atoms with Gasteiger partial charge < -0.3 is 14.5 Å². The molecule has 0 aliphatic heterocycles. The van der Waals surface area contributed by atoms with Gasteiger partial charge in [-0.3, -0.25) is 4.79 Å². The summed E-state index contributed by atoms with van der Waals surface area (Å²) >= 11 is 1.45. The first-order chi connectivity index (χ1) is 14.1. The Balaban J connectivity index is 1.91. The van der Waals surface area contributed by atoms with Gasteiger partial charge in [0.15, 0.2) is 0 Å². The average molecular weight is 407 g/mol. The summed E-state index contributed by atoms with van der Waals surface area (Å²) in [5, 5.41) is 16.4. The summed E-state index contributed by atoms with van der Waals surface area (Å²) in [5.41, 5.74) is 4.18. The lowest BCUT2D eigenvalue weighted by atomic mass is 10.0. The number of hydrogen-bond acceptors (Lipinski definition) is 5. The van der Waals surface area contributed by atoms with Gasteiger partial charge in [0, 0.05) is 40.5 Å². The summed E-state index contributed by atoms with van der Waals surface area (Å²) in [6.45, 7) is 5.76. The molecular weight excluding hydrogens is 384 g/mol. The van der Waals surface area contributed by atoms with Crippen LogP contribution in [0.3, 0.4) is 0 Å². The molecular formula is C23H22N2O3S. The first kappa shape index (κ1) is 19.4. The van der Waals surface area contributed by atoms with E-state index in [4.69, 9.17) is 9.94 Å². The number of oxime groups is 1. The van der Waals surface area contributed by atoms with Gasteiger partial charge in [-0.25, -0.2) is 0 Å². The molecule has 0 fully saturated rings. The first-order valence-electron chi connectivity index (χ1n) is 9.55. The molecule has 29 heavy (non-hydrogen) atoms. The van der Waals surface area contributed by atoms with Gasteiger partial charge in [-0.05, 0) is 61.2 Å². The number of fused-ring (bicyclic) bond motifs is 3. The third-order valence-electron chi connectivity index (χ3n) is 5.10. The summed E-state index contributed by atoms with van der Waals surface area (Å²) < 4.78 is 7.79. The SMILES string of the molecule is CCOCCn1c2ccc(C(=O)c3cccs3)cc2c2cc(/C(C)=N\O)ccc21. The van der Waals surface area contributed by atoms with Crippen LogP contribution >= 0.6 is 11.3 Å². The van der Waals surface area contributed by atoms with Crippen LogP contribution in [0, 0.1) is 0 Å². The van der Waals surface area contributed by atoms with Crippen LogP contribution in [0.1, 0.15) is 34.6 Å². The molecule has 0 aliphatic carbocycles. The highest BCUT2D eigenvalue weighted by Gasteiger charge is 2.16. The standard InChI is InChI=1S/C23H22N2O3S/c1-3-28-11-10-25-20-8-6-16(15(2)24-27)13-18(20)19-14-17(7-9-21(19)25)23(26)22-5-4-12-29-22/h4-9,12-14,27H,3,10-11H2,1-2H3/b24-15-. The van der Waals surface area contributed by atoms with Crippen molar-refractivity contribution < 1.29 is 14.7 Å². The topological polar surface area (TPSA) is 63.8 Å². The van der Waals surface area contributed by atoms with Crippen molar-refractivity contribution >= 4 is 44.6 Å². The van der Waals surface area contributed by atoms with Crippen LogP contribution in [-0.4, -0.2) is 34.5 Å². The molecule has 5 nitrogen and oxygen atoms in total. The van der Waals surface area contributed by atoms with Gasteiger partial charge >= 0.3 is 0 Å². The van der Waals surface area contributed by atoms with Crippen LogP contribution in [0.2, 0.25) is 0 Å². The van der Waals surface area contributed by atoms with Crippen molar-refractivity contribution in [3.05, 3.63) is 69.9 Å². The first-order valence-corrected chi connectivity index (χ1v) is 10.4. The molecule has 2 aromatic carbocycles. The molecule has 0 bridgehead atoms. The lowest BCUT2D eigenvalue weighted by molar-refractivity contribution is 0.104. The minimum atomic E-state index is 0.0290. The summed E-state index contributed by atoms with van der Waals surface area (Å²) in [4.78, 5) is 13.6. The fourth-order valence-corrected chi connectivity index (χ4v) is 4.30. The van der Waals surface area contributed by atoms with Crippen LogP contribution in [0.5, 0.6) is 0 Å². The quantitative estimate of drug-likeness (QED) is 0.148. The highest BCUT2D eigenvalue weighted by molar-refractivity contribution is 7.12. The second kappa shape index (κ2) is 8.19. The fraction of sp³-hybridized carbons (Fsp3) is 0.217. The summed E-state index contributed by atoms with van der Waals surface area (Å²) in [5.74, 6) is 0.0290. The molecule has 2 heterocycles. The number of thiophene rings is 1. The van der Waals surface area contributed by atoms with Gasteiger partial charge in [0.2, 0.25) is 5.78 Å². The smallest absolute Gasteiger partial charge is 0.202 e. The number of carbonyl (C=O) groups excluding carboxylic acids is 1. The van der Waals surface area contributed by atoms with Crippen molar-refractivity contribution in [3.63, 3.8) is 0 Å². The van der Waals surface area contributed by atoms with Crippen molar-refractivity contribution in [2.24, 2.45) is 5.16 Å². The normalized spacial score (nSPS) is 12.1. The Morgan fingerprint density at radius 1 is 1.10 bits per heavy atom. The average Bonchev–Trinajstić information content (AvgIpc) is 3.39. The van der Waals surface area contributed by atoms with E-state index < -0.39 is 0 Å². The second-order valence-electron chi connectivity index (χ2n) is 6.80. The molecule has 1 N–H and O–H groups in total. The van der Waals surface area contributed by atoms with Gasteiger partial charge in [-0.15, -0.1) is 11.3 Å². The predicted molar refractivity (Wildman–Crippen MR) is 118 cm³/mol. The van der Waals surface area contributed by atoms with E-state index in [1.165, 1.54) is 11.3 Å². The summed E-state index contributed by atoms with van der Waals surface area (Å²) in [6, 6.07) is 15.6. The zero-order valence-electron chi connectivity index (χ0n) is 16.4. The monoisotopic (exact) mass is 406 g/mol. The highest BCUT2D eigenvalue weighted by Crippen LogP contribution is 2.31. The maximum atomic E-state index is 12.9. The van der Waals surface area contributed by atoms with E-state index in [1.807, 2.05) is 60.8 Å². The Morgan fingerprint density at radius 2 is 1.79 bits per heavy atom. The minimum absolute atomic E-state index is 0.0290. The Labute approximate surface area is 172 Å². The Morgan fingerprint density at radius 3 is 2.41 bits per heavy atom. The van der Waals surface area contributed by atoms with Crippen LogP contribution < -0.4 is 0 Å². The van der Waals surface area contributed by atoms with E-state index in [1.54, 1.807) is 6.92 Å². The molecule has 0 saturated carbocycles. The largest absolute Gasteiger partial charge is 0.411 e. The van der Waals surface area contributed by atoms with Gasteiger partial charge in [-0.2, -0.15) is 0 Å². The Hall–Kier alpha value is -2.96. The Bertz CT molecular complexity index is 1210. The van der Waals surface area contributed by atoms with Gasteiger partial charge in [0.1, 0.15) is 0 Å². The molecule has 0 atom stereocenters. The molecule has 2 aromatic heterocycles. The van der Waals surface area contributed by atoms with Gasteiger partial charge in [0.25, 0.3) is 0 Å². The van der Waals surface area contributed by atoms with Crippen molar-refractivity contribution in [1.82, 2.24) is 4.57 Å². The summed E-state index contributed by atoms with van der Waals surface area (Å²) in [6.07, 6.45) is 0. The van der Waals surface area contributed by atoms with Crippen LogP contribution in [-0.2, 0) is 11.3 Å². The van der Waals surface area contributed by atoms with E-state index in [0.717, 1.165) is 38.8 Å². The van der Waals surface area contributed by atoms with Crippen LogP contribution in [0.15, 0.2) is 59.1 Å². The number of carbonyl (C=O) groups is 1. The van der Waals surface area contributed by atoms with E-state index in [2.05, 4.69) is 9.72 Å². The number of aromatic nitrogens is 1. The Kier molecular flexibility index (Phi) is 5.47. The highest BCUT2D eigenvalue weighted by atomic mass is 32.1. The van der Waals surface area contributed by atoms with Crippen LogP contribution in [0.4, 0.5) is 0 Å². The molecule has 0 aliphatic rings. The fourth-order valence-electron chi connectivity index (χ4n) is 3.62. The number of ketones is 1. The summed E-state index contributed by atoms with van der Waals surface area (Å²) in [7, 11) is 0. The van der Waals surface area contributed by atoms with Crippen LogP contribution in [0.25, 0.3) is 21.8 Å². The van der Waals surface area contributed by atoms with E-state index in [-0.39, 0.29) is 5.78 Å². The van der Waals surface area contributed by atoms with Crippen molar-refractivity contribution in [3.8, 4) is 0 Å². The molecule has 0 unspecified atom stereocenters. The molecule has 0 saturated heterocycles. The molecule has 148 valence electrons. The molecule has 0 radical (unpaired) electrons. The number of rotatable bonds is 7. The van der Waals surface area contributed by atoms with Gasteiger partial charge in [0.05, 0.1) is 17.2 Å². The molecule has 4 rings (SSSR count). The maximum Gasteiger partial charge on any atom is 0.202 e. The number of benzene rings is 2. The van der Waals surface area contributed by atoms with Crippen molar-refractivity contribution in [2.75, 3.05) is 13.2 Å². The van der Waals surface area contributed by atoms with Crippen molar-refractivity contribution in [2.45, 2.75) is 20.4 Å². The molecule has 6 heteroatoms. The third-order valence-corrected chi connectivity index (χ3v) is 5.97. The van der Waals surface area contributed by atoms with E-state index >= 15 is 0 Å². The maximum absolute atomic E-state index is 12.9. The second-order valence-corrected chi connectivity index (χ2v) is 7.75. The van der Waals surface area contributed by atoms with E-state index in [9.17, 15) is 4.79 Å². The number of ether oxygens (including phenoxy) is 1. The molecule has 0 amide bonds. The zero-order valence-corrected chi connectivity index (χ0v) is 17.2. The van der Waals surface area contributed by atoms with Crippen molar-refractivity contribution in [1.29, 1.82) is 0 Å².